The van der Waals surface area contributed by atoms with Crippen LogP contribution in [-0.4, -0.2) is 21.8 Å². The Kier molecular flexibility index (Phi) is 4.70. The van der Waals surface area contributed by atoms with Crippen LogP contribution in [0.3, 0.4) is 0 Å². The fourth-order valence-corrected chi connectivity index (χ4v) is 2.30. The van der Waals surface area contributed by atoms with Gasteiger partial charge in [0.2, 0.25) is 0 Å². The summed E-state index contributed by atoms with van der Waals surface area (Å²) in [5.74, 6) is 0.959. The number of halogens is 1. The molecule has 0 amide bonds. The quantitative estimate of drug-likeness (QED) is 0.795. The molecule has 18 heavy (non-hydrogen) atoms. The van der Waals surface area contributed by atoms with Gasteiger partial charge in [-0.05, 0) is 12.5 Å². The Morgan fingerprint density at radius 1 is 1.11 bits per heavy atom. The van der Waals surface area contributed by atoms with Crippen LogP contribution < -0.4 is 4.90 Å². The Morgan fingerprint density at radius 2 is 1.83 bits per heavy atom. The fraction of sp³-hybridized carbons (Fsp3) is 0.286. The van der Waals surface area contributed by atoms with Crippen molar-refractivity contribution in [1.82, 2.24) is 9.97 Å². The second-order valence-corrected chi connectivity index (χ2v) is 4.85. The largest absolute Gasteiger partial charge is 0.350 e. The molecular formula is C14H16BrN3. The summed E-state index contributed by atoms with van der Waals surface area (Å²) in [6.07, 6.45) is 3.47. The van der Waals surface area contributed by atoms with Crippen molar-refractivity contribution in [1.29, 1.82) is 0 Å². The van der Waals surface area contributed by atoms with Crippen molar-refractivity contribution in [3.05, 3.63) is 54.0 Å². The van der Waals surface area contributed by atoms with E-state index in [1.165, 1.54) is 5.56 Å². The van der Waals surface area contributed by atoms with Gasteiger partial charge in [-0.1, -0.05) is 46.3 Å². The van der Waals surface area contributed by atoms with E-state index in [1.807, 2.05) is 13.0 Å². The lowest BCUT2D eigenvalue weighted by atomic mass is 10.2. The second kappa shape index (κ2) is 6.50. The van der Waals surface area contributed by atoms with Crippen LogP contribution in [0.1, 0.15) is 11.3 Å². The molecule has 0 aliphatic heterocycles. The number of benzene rings is 1. The predicted molar refractivity (Wildman–Crippen MR) is 78.1 cm³/mol. The van der Waals surface area contributed by atoms with Crippen molar-refractivity contribution in [2.45, 2.75) is 13.5 Å². The Hall–Kier alpha value is -1.42. The zero-order chi connectivity index (χ0) is 12.8. The van der Waals surface area contributed by atoms with Crippen molar-refractivity contribution >= 4 is 21.7 Å². The molecule has 94 valence electrons. The number of nitrogens with zero attached hydrogens (tertiary/aromatic N) is 3. The average Bonchev–Trinajstić information content (AvgIpc) is 2.40. The summed E-state index contributed by atoms with van der Waals surface area (Å²) in [4.78, 5) is 11.0. The summed E-state index contributed by atoms with van der Waals surface area (Å²) >= 11 is 3.50. The highest BCUT2D eigenvalue weighted by atomic mass is 79.9. The third-order valence-electron chi connectivity index (χ3n) is 2.73. The lowest BCUT2D eigenvalue weighted by Crippen LogP contribution is -2.26. The predicted octanol–water partition coefficient (Wildman–Crippen LogP) is 3.19. The molecule has 3 nitrogen and oxygen atoms in total. The zero-order valence-electron chi connectivity index (χ0n) is 10.4. The van der Waals surface area contributed by atoms with Gasteiger partial charge in [-0.2, -0.15) is 0 Å². The van der Waals surface area contributed by atoms with Crippen molar-refractivity contribution < 1.29 is 0 Å². The Morgan fingerprint density at radius 3 is 2.50 bits per heavy atom. The molecule has 4 heteroatoms. The Balaban J connectivity index is 2.21. The molecule has 0 N–H and O–H groups in total. The number of rotatable bonds is 5. The minimum Gasteiger partial charge on any atom is -0.350 e. The van der Waals surface area contributed by atoms with Gasteiger partial charge in [0, 0.05) is 30.8 Å². The molecule has 1 aromatic heterocycles. The number of hydrogen-bond donors (Lipinski definition) is 0. The van der Waals surface area contributed by atoms with Crippen molar-refractivity contribution in [3.8, 4) is 0 Å². The maximum atomic E-state index is 4.44. The molecule has 0 aliphatic rings. The first-order valence-corrected chi connectivity index (χ1v) is 7.06. The highest BCUT2D eigenvalue weighted by molar-refractivity contribution is 9.09. The smallest absolute Gasteiger partial charge is 0.150 e. The van der Waals surface area contributed by atoms with Crippen molar-refractivity contribution in [2.75, 3.05) is 16.8 Å². The van der Waals surface area contributed by atoms with Gasteiger partial charge in [-0.25, -0.2) is 4.98 Å². The van der Waals surface area contributed by atoms with E-state index in [-0.39, 0.29) is 0 Å². The first kappa shape index (κ1) is 13.0. The minimum absolute atomic E-state index is 0.853. The van der Waals surface area contributed by atoms with Crippen LogP contribution >= 0.6 is 15.9 Å². The zero-order valence-corrected chi connectivity index (χ0v) is 12.0. The summed E-state index contributed by atoms with van der Waals surface area (Å²) in [5.41, 5.74) is 2.25. The summed E-state index contributed by atoms with van der Waals surface area (Å²) in [6, 6.07) is 10.4. The van der Waals surface area contributed by atoms with Gasteiger partial charge < -0.3 is 4.90 Å². The molecule has 0 spiro atoms. The van der Waals surface area contributed by atoms with E-state index >= 15 is 0 Å². The molecule has 0 saturated carbocycles. The maximum absolute atomic E-state index is 4.44. The van der Waals surface area contributed by atoms with Crippen LogP contribution in [0.5, 0.6) is 0 Å². The third kappa shape index (κ3) is 3.29. The highest BCUT2D eigenvalue weighted by Crippen LogP contribution is 2.17. The van der Waals surface area contributed by atoms with Crippen LogP contribution in [0.4, 0.5) is 5.82 Å². The molecule has 0 fully saturated rings. The Bertz CT molecular complexity index is 487. The van der Waals surface area contributed by atoms with E-state index in [1.54, 1.807) is 12.4 Å². The van der Waals surface area contributed by atoms with Gasteiger partial charge in [0.1, 0.15) is 5.82 Å². The van der Waals surface area contributed by atoms with Gasteiger partial charge in [0.15, 0.2) is 0 Å². The van der Waals surface area contributed by atoms with Gasteiger partial charge in [-0.15, -0.1) is 0 Å². The maximum Gasteiger partial charge on any atom is 0.150 e. The molecular weight excluding hydrogens is 290 g/mol. The summed E-state index contributed by atoms with van der Waals surface area (Å²) in [5, 5.41) is 0.913. The molecule has 0 bridgehead atoms. The summed E-state index contributed by atoms with van der Waals surface area (Å²) in [6.45, 7) is 3.76. The normalized spacial score (nSPS) is 10.3. The number of aromatic nitrogens is 2. The van der Waals surface area contributed by atoms with E-state index in [2.05, 4.69) is 55.1 Å². The monoisotopic (exact) mass is 305 g/mol. The molecule has 0 saturated heterocycles. The van der Waals surface area contributed by atoms with Crippen LogP contribution in [0, 0.1) is 6.92 Å². The van der Waals surface area contributed by atoms with E-state index in [0.29, 0.717) is 0 Å². The standard InChI is InChI=1S/C14H16BrN3/c1-12-14(17-9-8-16-12)18(10-7-15)11-13-5-3-2-4-6-13/h2-6,8-9H,7,10-11H2,1H3. The number of hydrogen-bond acceptors (Lipinski definition) is 3. The van der Waals surface area contributed by atoms with Gasteiger partial charge in [-0.3, -0.25) is 4.98 Å². The SMILES string of the molecule is Cc1nccnc1N(CCBr)Cc1ccccc1. The minimum atomic E-state index is 0.853. The van der Waals surface area contributed by atoms with Crippen molar-refractivity contribution in [2.24, 2.45) is 0 Å². The van der Waals surface area contributed by atoms with Crippen LogP contribution in [0.15, 0.2) is 42.7 Å². The third-order valence-corrected chi connectivity index (χ3v) is 3.08. The topological polar surface area (TPSA) is 29.0 Å². The Labute approximate surface area is 116 Å². The second-order valence-electron chi connectivity index (χ2n) is 4.06. The van der Waals surface area contributed by atoms with Crippen LogP contribution in [0.25, 0.3) is 0 Å². The fourth-order valence-electron chi connectivity index (χ4n) is 1.88. The first-order chi connectivity index (χ1) is 8.81. The summed E-state index contributed by atoms with van der Waals surface area (Å²) in [7, 11) is 0. The lowest BCUT2D eigenvalue weighted by Gasteiger charge is -2.23. The summed E-state index contributed by atoms with van der Waals surface area (Å²) < 4.78 is 0. The average molecular weight is 306 g/mol. The van der Waals surface area contributed by atoms with Crippen molar-refractivity contribution in [3.63, 3.8) is 0 Å². The van der Waals surface area contributed by atoms with Gasteiger partial charge >= 0.3 is 0 Å². The van der Waals surface area contributed by atoms with Crippen LogP contribution in [0.2, 0.25) is 0 Å². The molecule has 1 aromatic carbocycles. The number of anilines is 1. The lowest BCUT2D eigenvalue weighted by molar-refractivity contribution is 0.808. The molecule has 1 heterocycles. The van der Waals surface area contributed by atoms with E-state index in [9.17, 15) is 0 Å². The van der Waals surface area contributed by atoms with E-state index in [4.69, 9.17) is 0 Å². The number of aryl methyl sites for hydroxylation is 1. The van der Waals surface area contributed by atoms with Gasteiger partial charge in [0.25, 0.3) is 0 Å². The molecule has 2 aromatic rings. The van der Waals surface area contributed by atoms with Gasteiger partial charge in [0.05, 0.1) is 5.69 Å². The number of alkyl halides is 1. The highest BCUT2D eigenvalue weighted by Gasteiger charge is 2.11. The van der Waals surface area contributed by atoms with E-state index in [0.717, 1.165) is 29.9 Å². The van der Waals surface area contributed by atoms with E-state index < -0.39 is 0 Å². The van der Waals surface area contributed by atoms with Crippen LogP contribution in [-0.2, 0) is 6.54 Å². The molecule has 0 radical (unpaired) electrons. The first-order valence-electron chi connectivity index (χ1n) is 5.93. The molecule has 0 atom stereocenters. The molecule has 0 aliphatic carbocycles. The molecule has 0 unspecified atom stereocenters. The molecule has 2 rings (SSSR count).